The largest absolute Gasteiger partial charge is 0.545 e. The third-order valence-electron chi connectivity index (χ3n) is 4.44. The van der Waals surface area contributed by atoms with E-state index in [1.165, 1.54) is 0 Å². The van der Waals surface area contributed by atoms with Crippen molar-refractivity contribution in [1.29, 1.82) is 0 Å². The summed E-state index contributed by atoms with van der Waals surface area (Å²) in [6.07, 6.45) is 2.05. The molecule has 1 heterocycles. The van der Waals surface area contributed by atoms with Crippen LogP contribution in [0.15, 0.2) is 30.3 Å². The van der Waals surface area contributed by atoms with Crippen molar-refractivity contribution in [2.24, 2.45) is 0 Å². The second kappa shape index (κ2) is 5.95. The summed E-state index contributed by atoms with van der Waals surface area (Å²) < 4.78 is 7.58. The van der Waals surface area contributed by atoms with Gasteiger partial charge in [-0.3, -0.25) is 0 Å². The zero-order chi connectivity index (χ0) is 16.6. The molecule has 0 amide bonds. The van der Waals surface area contributed by atoms with E-state index < -0.39 is 5.97 Å². The number of nitrogens with zero attached hydrogens (tertiary/aromatic N) is 1. The quantitative estimate of drug-likeness (QED) is 0.726. The summed E-state index contributed by atoms with van der Waals surface area (Å²) in [4.78, 5) is 11.7. The van der Waals surface area contributed by atoms with E-state index >= 15 is 0 Å². The van der Waals surface area contributed by atoms with Gasteiger partial charge in [-0.15, -0.1) is 0 Å². The van der Waals surface area contributed by atoms with E-state index in [0.717, 1.165) is 41.4 Å². The van der Waals surface area contributed by atoms with Crippen LogP contribution in [0.1, 0.15) is 35.8 Å². The average Bonchev–Trinajstić information content (AvgIpc) is 2.83. The zero-order valence-electron chi connectivity index (χ0n) is 13.7. The molecule has 23 heavy (non-hydrogen) atoms. The summed E-state index contributed by atoms with van der Waals surface area (Å²) >= 11 is 0. The molecule has 0 bridgehead atoms. The second-order valence-electron chi connectivity index (χ2n) is 5.77. The number of methoxy groups -OCH3 is 1. The topological polar surface area (TPSA) is 54.3 Å². The summed E-state index contributed by atoms with van der Waals surface area (Å²) in [5.74, 6) is -0.455. The standard InChI is InChI=1S/C19H21NO3/c1-4-5-10-20-12(2)17(19(21)22)15-11-16(23-3)13-8-6-7-9-14(13)18(15)20/h6-9,11H,4-5,10H2,1-3H3,(H,21,22)/p-1. The first-order valence-corrected chi connectivity index (χ1v) is 7.90. The molecule has 4 nitrogen and oxygen atoms in total. The van der Waals surface area contributed by atoms with Crippen molar-refractivity contribution in [3.8, 4) is 5.75 Å². The number of carbonyl (C=O) groups is 1. The number of fused-ring (bicyclic) bond motifs is 3. The number of hydrogen-bond donors (Lipinski definition) is 0. The van der Waals surface area contributed by atoms with Crippen molar-refractivity contribution in [3.05, 3.63) is 41.6 Å². The van der Waals surface area contributed by atoms with Crippen LogP contribution in [-0.2, 0) is 6.54 Å². The molecule has 0 atom stereocenters. The lowest BCUT2D eigenvalue weighted by Gasteiger charge is -2.11. The molecule has 0 saturated heterocycles. The highest BCUT2D eigenvalue weighted by Crippen LogP contribution is 2.37. The lowest BCUT2D eigenvalue weighted by atomic mass is 10.0. The number of ether oxygens (including phenoxy) is 1. The minimum Gasteiger partial charge on any atom is -0.545 e. The van der Waals surface area contributed by atoms with Gasteiger partial charge in [-0.05, 0) is 19.4 Å². The Labute approximate surface area is 135 Å². The fourth-order valence-electron chi connectivity index (χ4n) is 3.33. The van der Waals surface area contributed by atoms with Crippen molar-refractivity contribution >= 4 is 27.6 Å². The van der Waals surface area contributed by atoms with Crippen LogP contribution in [0.5, 0.6) is 5.75 Å². The number of carboxylic acid groups (broad SMARTS) is 1. The van der Waals surface area contributed by atoms with Crippen molar-refractivity contribution in [1.82, 2.24) is 4.57 Å². The first kappa shape index (κ1) is 15.4. The maximum absolute atomic E-state index is 11.7. The van der Waals surface area contributed by atoms with Gasteiger partial charge in [0.25, 0.3) is 0 Å². The molecule has 0 radical (unpaired) electrons. The average molecular weight is 310 g/mol. The molecule has 1 aromatic heterocycles. The van der Waals surface area contributed by atoms with Crippen molar-refractivity contribution in [3.63, 3.8) is 0 Å². The Morgan fingerprint density at radius 2 is 1.91 bits per heavy atom. The van der Waals surface area contributed by atoms with Gasteiger partial charge in [-0.1, -0.05) is 37.6 Å². The molecule has 3 aromatic rings. The number of aryl methyl sites for hydroxylation is 1. The lowest BCUT2D eigenvalue weighted by molar-refractivity contribution is -0.254. The maximum atomic E-state index is 11.7. The molecule has 4 heteroatoms. The van der Waals surface area contributed by atoms with E-state index in [0.29, 0.717) is 11.1 Å². The Morgan fingerprint density at radius 1 is 1.22 bits per heavy atom. The fraction of sp³-hybridized carbons (Fsp3) is 0.316. The zero-order valence-corrected chi connectivity index (χ0v) is 13.7. The Hall–Kier alpha value is -2.49. The van der Waals surface area contributed by atoms with E-state index in [2.05, 4.69) is 11.5 Å². The van der Waals surface area contributed by atoms with Gasteiger partial charge in [0.2, 0.25) is 0 Å². The molecule has 0 saturated carbocycles. The molecule has 3 rings (SSSR count). The Morgan fingerprint density at radius 3 is 2.52 bits per heavy atom. The van der Waals surface area contributed by atoms with E-state index in [9.17, 15) is 9.90 Å². The Balaban J connectivity index is 2.49. The van der Waals surface area contributed by atoms with Crippen LogP contribution in [0, 0.1) is 6.92 Å². The summed E-state index contributed by atoms with van der Waals surface area (Å²) in [5.41, 5.74) is 1.96. The van der Waals surface area contributed by atoms with Gasteiger partial charge in [-0.25, -0.2) is 0 Å². The van der Waals surface area contributed by atoms with Crippen LogP contribution in [-0.4, -0.2) is 17.6 Å². The number of carboxylic acids is 1. The first-order chi connectivity index (χ1) is 11.1. The first-order valence-electron chi connectivity index (χ1n) is 7.90. The number of hydrogen-bond acceptors (Lipinski definition) is 3. The molecule has 0 N–H and O–H groups in total. The minimum absolute atomic E-state index is 0.264. The molecule has 0 unspecified atom stereocenters. The van der Waals surface area contributed by atoms with Crippen LogP contribution in [0.2, 0.25) is 0 Å². The highest BCUT2D eigenvalue weighted by atomic mass is 16.5. The molecule has 0 spiro atoms. The van der Waals surface area contributed by atoms with Gasteiger partial charge in [0.15, 0.2) is 0 Å². The number of carbonyl (C=O) groups excluding carboxylic acids is 1. The van der Waals surface area contributed by atoms with Gasteiger partial charge < -0.3 is 19.2 Å². The highest BCUT2D eigenvalue weighted by Gasteiger charge is 2.19. The van der Waals surface area contributed by atoms with Gasteiger partial charge in [0.05, 0.1) is 18.6 Å². The van der Waals surface area contributed by atoms with Gasteiger partial charge in [0, 0.05) is 34.0 Å². The van der Waals surface area contributed by atoms with Crippen LogP contribution in [0.4, 0.5) is 0 Å². The normalized spacial score (nSPS) is 11.3. The van der Waals surface area contributed by atoms with Gasteiger partial charge in [0.1, 0.15) is 5.75 Å². The third-order valence-corrected chi connectivity index (χ3v) is 4.44. The van der Waals surface area contributed by atoms with Crippen LogP contribution in [0.3, 0.4) is 0 Å². The van der Waals surface area contributed by atoms with Crippen LogP contribution in [0.25, 0.3) is 21.7 Å². The van der Waals surface area contributed by atoms with E-state index in [1.807, 2.05) is 37.3 Å². The predicted molar refractivity (Wildman–Crippen MR) is 90.0 cm³/mol. The van der Waals surface area contributed by atoms with E-state index in [4.69, 9.17) is 4.74 Å². The highest BCUT2D eigenvalue weighted by molar-refractivity contribution is 6.15. The molecular formula is C19H20NO3-. The Kier molecular flexibility index (Phi) is 3.99. The van der Waals surface area contributed by atoms with Crippen molar-refractivity contribution in [2.75, 3.05) is 7.11 Å². The third kappa shape index (κ3) is 2.34. The van der Waals surface area contributed by atoms with Crippen molar-refractivity contribution < 1.29 is 14.6 Å². The SMILES string of the molecule is CCCCn1c(C)c(C(=O)[O-])c2cc(OC)c3ccccc3c21. The molecular weight excluding hydrogens is 290 g/mol. The molecule has 120 valence electrons. The molecule has 0 aliphatic heterocycles. The summed E-state index contributed by atoms with van der Waals surface area (Å²) in [6, 6.07) is 9.76. The van der Waals surface area contributed by atoms with Crippen LogP contribution >= 0.6 is 0 Å². The Bertz CT molecular complexity index is 893. The number of rotatable bonds is 5. The summed E-state index contributed by atoms with van der Waals surface area (Å²) in [5, 5.41) is 14.4. The predicted octanol–water partition coefficient (Wildman–Crippen LogP) is 3.28. The van der Waals surface area contributed by atoms with Gasteiger partial charge in [-0.2, -0.15) is 0 Å². The van der Waals surface area contributed by atoms with Gasteiger partial charge >= 0.3 is 0 Å². The monoisotopic (exact) mass is 310 g/mol. The summed E-state index contributed by atoms with van der Waals surface area (Å²) in [6.45, 7) is 4.77. The molecule has 0 aliphatic carbocycles. The van der Waals surface area contributed by atoms with E-state index in [-0.39, 0.29) is 5.56 Å². The molecule has 2 aromatic carbocycles. The number of aromatic nitrogens is 1. The molecule has 0 fully saturated rings. The molecule has 0 aliphatic rings. The fourth-order valence-corrected chi connectivity index (χ4v) is 3.33. The van der Waals surface area contributed by atoms with Crippen molar-refractivity contribution in [2.45, 2.75) is 33.2 Å². The number of benzene rings is 2. The second-order valence-corrected chi connectivity index (χ2v) is 5.77. The maximum Gasteiger partial charge on any atom is 0.127 e. The summed E-state index contributed by atoms with van der Waals surface area (Å²) in [7, 11) is 1.60. The van der Waals surface area contributed by atoms with E-state index in [1.54, 1.807) is 7.11 Å². The number of aromatic carboxylic acids is 1. The van der Waals surface area contributed by atoms with Crippen LogP contribution < -0.4 is 9.84 Å². The minimum atomic E-state index is -1.14. The lowest BCUT2D eigenvalue weighted by Crippen LogP contribution is -2.23. The smallest absolute Gasteiger partial charge is 0.127 e. The number of unbranched alkanes of at least 4 members (excludes halogenated alkanes) is 1.